The Balaban J connectivity index is 2.23. The van der Waals surface area contributed by atoms with E-state index in [2.05, 4.69) is 30.1 Å². The van der Waals surface area contributed by atoms with Gasteiger partial charge in [0.05, 0.1) is 24.7 Å². The second-order valence-electron chi connectivity index (χ2n) is 4.78. The molecule has 1 aromatic heterocycles. The summed E-state index contributed by atoms with van der Waals surface area (Å²) in [4.78, 5) is 3.39. The molecule has 2 aromatic rings. The Morgan fingerprint density at radius 1 is 1.41 bits per heavy atom. The minimum absolute atomic E-state index is 0.0988. The SMILES string of the molecule is Cc1[nH]c2ccccc2c1C1(CC#N)COC1. The number of aromatic nitrogens is 1. The molecule has 17 heavy (non-hydrogen) atoms. The summed E-state index contributed by atoms with van der Waals surface area (Å²) >= 11 is 0. The van der Waals surface area contributed by atoms with E-state index in [9.17, 15) is 0 Å². The molecule has 1 aromatic carbocycles. The number of hydrogen-bond donors (Lipinski definition) is 1. The van der Waals surface area contributed by atoms with Gasteiger partial charge in [-0.25, -0.2) is 0 Å². The smallest absolute Gasteiger partial charge is 0.0632 e. The van der Waals surface area contributed by atoms with E-state index < -0.39 is 0 Å². The van der Waals surface area contributed by atoms with E-state index in [4.69, 9.17) is 10.00 Å². The van der Waals surface area contributed by atoms with Gasteiger partial charge in [-0.2, -0.15) is 5.26 Å². The quantitative estimate of drug-likeness (QED) is 0.855. The van der Waals surface area contributed by atoms with Crippen LogP contribution in [0.25, 0.3) is 10.9 Å². The molecule has 3 rings (SSSR count). The second kappa shape index (κ2) is 3.61. The summed E-state index contributed by atoms with van der Waals surface area (Å²) in [6.45, 7) is 3.39. The maximum Gasteiger partial charge on any atom is 0.0632 e. The van der Waals surface area contributed by atoms with E-state index in [1.807, 2.05) is 12.1 Å². The average molecular weight is 226 g/mol. The minimum atomic E-state index is -0.0988. The number of hydrogen-bond acceptors (Lipinski definition) is 2. The molecule has 0 bridgehead atoms. The van der Waals surface area contributed by atoms with Gasteiger partial charge in [0.1, 0.15) is 0 Å². The van der Waals surface area contributed by atoms with Crippen molar-refractivity contribution in [3.63, 3.8) is 0 Å². The van der Waals surface area contributed by atoms with Crippen molar-refractivity contribution in [2.75, 3.05) is 13.2 Å². The minimum Gasteiger partial charge on any atom is -0.379 e. The van der Waals surface area contributed by atoms with Gasteiger partial charge < -0.3 is 9.72 Å². The second-order valence-corrected chi connectivity index (χ2v) is 4.78. The Morgan fingerprint density at radius 3 is 2.82 bits per heavy atom. The number of rotatable bonds is 2. The fourth-order valence-corrected chi connectivity index (χ4v) is 2.79. The van der Waals surface area contributed by atoms with Crippen molar-refractivity contribution in [3.05, 3.63) is 35.5 Å². The fraction of sp³-hybridized carbons (Fsp3) is 0.357. The molecule has 0 amide bonds. The Kier molecular flexibility index (Phi) is 2.20. The lowest BCUT2D eigenvalue weighted by Gasteiger charge is -2.40. The lowest BCUT2D eigenvalue weighted by molar-refractivity contribution is -0.0572. The van der Waals surface area contributed by atoms with Crippen LogP contribution in [0.1, 0.15) is 17.7 Å². The number of benzene rings is 1. The number of nitrogens with one attached hydrogen (secondary N) is 1. The number of H-pyrrole nitrogens is 1. The van der Waals surface area contributed by atoms with Crippen LogP contribution in [-0.2, 0) is 10.2 Å². The number of nitriles is 1. The first-order valence-corrected chi connectivity index (χ1v) is 5.79. The highest BCUT2D eigenvalue weighted by Gasteiger charge is 2.43. The van der Waals surface area contributed by atoms with Crippen LogP contribution in [0.2, 0.25) is 0 Å². The predicted octanol–water partition coefficient (Wildman–Crippen LogP) is 2.66. The maximum atomic E-state index is 9.01. The highest BCUT2D eigenvalue weighted by Crippen LogP contribution is 2.41. The molecule has 0 atom stereocenters. The van der Waals surface area contributed by atoms with Crippen LogP contribution in [0.15, 0.2) is 24.3 Å². The van der Waals surface area contributed by atoms with E-state index in [0.717, 1.165) is 11.2 Å². The van der Waals surface area contributed by atoms with Gasteiger partial charge >= 0.3 is 0 Å². The van der Waals surface area contributed by atoms with Crippen LogP contribution >= 0.6 is 0 Å². The summed E-state index contributed by atoms with van der Waals surface area (Å²) in [6, 6.07) is 10.6. The van der Waals surface area contributed by atoms with Crippen LogP contribution in [-0.4, -0.2) is 18.2 Å². The molecule has 0 aliphatic carbocycles. The molecule has 0 radical (unpaired) electrons. The van der Waals surface area contributed by atoms with Crippen LogP contribution < -0.4 is 0 Å². The lowest BCUT2D eigenvalue weighted by Crippen LogP contribution is -2.46. The third kappa shape index (κ3) is 1.38. The maximum absolute atomic E-state index is 9.01. The van der Waals surface area contributed by atoms with E-state index >= 15 is 0 Å². The molecule has 3 nitrogen and oxygen atoms in total. The summed E-state index contributed by atoms with van der Waals surface area (Å²) in [5, 5.41) is 10.2. The normalized spacial score (nSPS) is 17.6. The van der Waals surface area contributed by atoms with Gasteiger partial charge in [-0.05, 0) is 18.6 Å². The molecule has 1 fully saturated rings. The van der Waals surface area contributed by atoms with Crippen LogP contribution in [0.4, 0.5) is 0 Å². The third-order valence-electron chi connectivity index (χ3n) is 3.60. The summed E-state index contributed by atoms with van der Waals surface area (Å²) in [5.74, 6) is 0. The molecule has 3 heteroatoms. The molecular formula is C14H14N2O. The topological polar surface area (TPSA) is 48.8 Å². The van der Waals surface area contributed by atoms with Crippen molar-refractivity contribution in [1.82, 2.24) is 4.98 Å². The standard InChI is InChI=1S/C14H14N2O/c1-10-13(14(6-7-15)8-17-9-14)11-4-2-3-5-12(11)16-10/h2-5,16H,6,8-9H2,1H3. The Hall–Kier alpha value is -1.79. The van der Waals surface area contributed by atoms with Crippen LogP contribution in [0.5, 0.6) is 0 Å². The van der Waals surface area contributed by atoms with Gasteiger partial charge in [0.15, 0.2) is 0 Å². The molecule has 1 aliphatic heterocycles. The molecule has 0 spiro atoms. The summed E-state index contributed by atoms with van der Waals surface area (Å²) in [5.41, 5.74) is 3.47. The van der Waals surface area contributed by atoms with Gasteiger partial charge in [-0.1, -0.05) is 18.2 Å². The molecule has 2 heterocycles. The molecule has 0 unspecified atom stereocenters. The van der Waals surface area contributed by atoms with Gasteiger partial charge in [0.25, 0.3) is 0 Å². The molecule has 1 aliphatic rings. The number of fused-ring (bicyclic) bond motifs is 1. The van der Waals surface area contributed by atoms with E-state index in [1.54, 1.807) is 0 Å². The van der Waals surface area contributed by atoms with E-state index in [-0.39, 0.29) is 5.41 Å². The zero-order chi connectivity index (χ0) is 11.9. The molecule has 86 valence electrons. The molecule has 0 saturated carbocycles. The monoisotopic (exact) mass is 226 g/mol. The number of aromatic amines is 1. The Labute approximate surface area is 100 Å². The van der Waals surface area contributed by atoms with Crippen molar-refractivity contribution in [3.8, 4) is 6.07 Å². The first-order valence-electron chi connectivity index (χ1n) is 5.79. The lowest BCUT2D eigenvalue weighted by atomic mass is 9.75. The molecule has 1 saturated heterocycles. The van der Waals surface area contributed by atoms with Gasteiger partial charge in [-0.3, -0.25) is 0 Å². The Bertz CT molecular complexity index is 602. The fourth-order valence-electron chi connectivity index (χ4n) is 2.79. The highest BCUT2D eigenvalue weighted by molar-refractivity contribution is 5.86. The van der Waals surface area contributed by atoms with E-state index in [0.29, 0.717) is 19.6 Å². The number of nitrogens with zero attached hydrogens (tertiary/aromatic N) is 1. The summed E-state index contributed by atoms with van der Waals surface area (Å²) in [6.07, 6.45) is 0.523. The number of para-hydroxylation sites is 1. The molecular weight excluding hydrogens is 212 g/mol. The van der Waals surface area contributed by atoms with Crippen molar-refractivity contribution in [2.24, 2.45) is 0 Å². The average Bonchev–Trinajstić information content (AvgIpc) is 2.60. The van der Waals surface area contributed by atoms with Crippen molar-refractivity contribution in [2.45, 2.75) is 18.8 Å². The van der Waals surface area contributed by atoms with Gasteiger partial charge in [-0.15, -0.1) is 0 Å². The Morgan fingerprint density at radius 2 is 2.18 bits per heavy atom. The first kappa shape index (κ1) is 10.4. The highest BCUT2D eigenvalue weighted by atomic mass is 16.5. The summed E-state index contributed by atoms with van der Waals surface area (Å²) in [7, 11) is 0. The van der Waals surface area contributed by atoms with Gasteiger partial charge in [0, 0.05) is 23.0 Å². The van der Waals surface area contributed by atoms with Crippen LogP contribution in [0, 0.1) is 18.3 Å². The van der Waals surface area contributed by atoms with Crippen LogP contribution in [0.3, 0.4) is 0 Å². The summed E-state index contributed by atoms with van der Waals surface area (Å²) < 4.78 is 5.35. The number of ether oxygens (including phenoxy) is 1. The van der Waals surface area contributed by atoms with E-state index in [1.165, 1.54) is 10.9 Å². The first-order chi connectivity index (χ1) is 8.27. The zero-order valence-electron chi connectivity index (χ0n) is 9.79. The third-order valence-corrected chi connectivity index (χ3v) is 3.60. The van der Waals surface area contributed by atoms with Crippen molar-refractivity contribution < 1.29 is 4.74 Å². The molecule has 1 N–H and O–H groups in total. The zero-order valence-corrected chi connectivity index (χ0v) is 9.79. The predicted molar refractivity (Wildman–Crippen MR) is 65.8 cm³/mol. The van der Waals surface area contributed by atoms with Crippen molar-refractivity contribution >= 4 is 10.9 Å². The van der Waals surface area contributed by atoms with Gasteiger partial charge in [0.2, 0.25) is 0 Å². The largest absolute Gasteiger partial charge is 0.379 e. The number of aryl methyl sites for hydroxylation is 1. The van der Waals surface area contributed by atoms with Crippen molar-refractivity contribution in [1.29, 1.82) is 5.26 Å².